The number of aryl methyl sites for hydroxylation is 1. The summed E-state index contributed by atoms with van der Waals surface area (Å²) in [5, 5.41) is 10.6. The molecule has 1 aromatic heterocycles. The molecule has 1 amide bonds. The van der Waals surface area contributed by atoms with Crippen molar-refractivity contribution in [1.29, 1.82) is 0 Å². The topological polar surface area (TPSA) is 74.6 Å². The minimum Gasteiger partial charge on any atom is -0.354 e. The minimum absolute atomic E-state index is 0. The summed E-state index contributed by atoms with van der Waals surface area (Å²) in [5.41, 5.74) is 1.29. The molecule has 1 aliphatic heterocycles. The SMILES string of the molecule is CN=C(NCCNC(=O)C1CC1)N1CCC(c2cnn(C)c2)C1.I. The Bertz CT molecular complexity index is 583. The Morgan fingerprint density at radius 2 is 2.08 bits per heavy atom. The summed E-state index contributed by atoms with van der Waals surface area (Å²) in [6.45, 7) is 3.31. The summed E-state index contributed by atoms with van der Waals surface area (Å²) in [5.74, 6) is 1.89. The van der Waals surface area contributed by atoms with Crippen molar-refractivity contribution in [3.05, 3.63) is 18.0 Å². The molecule has 24 heavy (non-hydrogen) atoms. The second kappa shape index (κ2) is 8.68. The quantitative estimate of drug-likeness (QED) is 0.306. The van der Waals surface area contributed by atoms with Crippen molar-refractivity contribution in [2.75, 3.05) is 33.2 Å². The maximum atomic E-state index is 11.6. The molecule has 8 heteroatoms. The highest BCUT2D eigenvalue weighted by Crippen LogP contribution is 2.28. The molecule has 1 unspecified atom stereocenters. The largest absolute Gasteiger partial charge is 0.354 e. The first-order valence-electron chi connectivity index (χ1n) is 8.39. The van der Waals surface area contributed by atoms with Crippen LogP contribution in [0.1, 0.15) is 30.7 Å². The van der Waals surface area contributed by atoms with Gasteiger partial charge in [0.2, 0.25) is 5.91 Å². The van der Waals surface area contributed by atoms with E-state index in [1.54, 1.807) is 0 Å². The van der Waals surface area contributed by atoms with Crippen LogP contribution in [0.4, 0.5) is 0 Å². The number of nitrogens with one attached hydrogen (secondary N) is 2. The van der Waals surface area contributed by atoms with Gasteiger partial charge < -0.3 is 15.5 Å². The smallest absolute Gasteiger partial charge is 0.223 e. The van der Waals surface area contributed by atoms with E-state index in [1.165, 1.54) is 5.56 Å². The zero-order valence-electron chi connectivity index (χ0n) is 14.4. The van der Waals surface area contributed by atoms with Crippen LogP contribution in [-0.2, 0) is 11.8 Å². The van der Waals surface area contributed by atoms with Crippen LogP contribution in [0.5, 0.6) is 0 Å². The van der Waals surface area contributed by atoms with Crippen LogP contribution in [0.2, 0.25) is 0 Å². The number of likely N-dealkylation sites (tertiary alicyclic amines) is 1. The molecule has 134 valence electrons. The van der Waals surface area contributed by atoms with E-state index < -0.39 is 0 Å². The predicted octanol–water partition coefficient (Wildman–Crippen LogP) is 0.929. The maximum Gasteiger partial charge on any atom is 0.223 e. The summed E-state index contributed by atoms with van der Waals surface area (Å²) in [6.07, 6.45) is 7.26. The lowest BCUT2D eigenvalue weighted by molar-refractivity contribution is -0.122. The first kappa shape index (κ1) is 19.0. The molecule has 1 saturated heterocycles. The van der Waals surface area contributed by atoms with Gasteiger partial charge >= 0.3 is 0 Å². The Morgan fingerprint density at radius 3 is 2.71 bits per heavy atom. The van der Waals surface area contributed by atoms with Gasteiger partial charge in [-0.3, -0.25) is 14.5 Å². The van der Waals surface area contributed by atoms with E-state index >= 15 is 0 Å². The molecule has 0 bridgehead atoms. The summed E-state index contributed by atoms with van der Waals surface area (Å²) in [4.78, 5) is 18.2. The molecule has 3 rings (SSSR count). The highest BCUT2D eigenvalue weighted by atomic mass is 127. The summed E-state index contributed by atoms with van der Waals surface area (Å²) < 4.78 is 1.85. The predicted molar refractivity (Wildman–Crippen MR) is 105 cm³/mol. The third kappa shape index (κ3) is 4.84. The number of nitrogens with zero attached hydrogens (tertiary/aromatic N) is 4. The lowest BCUT2D eigenvalue weighted by Crippen LogP contribution is -2.43. The van der Waals surface area contributed by atoms with Gasteiger partial charge in [-0.05, 0) is 24.8 Å². The van der Waals surface area contributed by atoms with Crippen LogP contribution in [0.25, 0.3) is 0 Å². The fourth-order valence-electron chi connectivity index (χ4n) is 3.06. The number of rotatable bonds is 5. The van der Waals surface area contributed by atoms with Crippen molar-refractivity contribution in [2.24, 2.45) is 18.0 Å². The molecule has 1 aliphatic carbocycles. The number of hydrogen-bond acceptors (Lipinski definition) is 3. The number of aliphatic imine (C=N–C) groups is 1. The van der Waals surface area contributed by atoms with E-state index in [0.717, 1.165) is 38.3 Å². The number of amides is 1. The van der Waals surface area contributed by atoms with Crippen molar-refractivity contribution in [2.45, 2.75) is 25.2 Å². The van der Waals surface area contributed by atoms with Crippen LogP contribution in [0.3, 0.4) is 0 Å². The minimum atomic E-state index is 0. The fourth-order valence-corrected chi connectivity index (χ4v) is 3.06. The zero-order chi connectivity index (χ0) is 16.2. The molecule has 1 saturated carbocycles. The monoisotopic (exact) mass is 446 g/mol. The lowest BCUT2D eigenvalue weighted by Gasteiger charge is -2.21. The Hall–Kier alpha value is -1.32. The number of guanidine groups is 1. The summed E-state index contributed by atoms with van der Waals surface area (Å²) in [6, 6.07) is 0. The number of hydrogen-bond donors (Lipinski definition) is 2. The number of aromatic nitrogens is 2. The van der Waals surface area contributed by atoms with Crippen LogP contribution in [0.15, 0.2) is 17.4 Å². The molecule has 2 fully saturated rings. The summed E-state index contributed by atoms with van der Waals surface area (Å²) in [7, 11) is 3.76. The van der Waals surface area contributed by atoms with Crippen LogP contribution in [-0.4, -0.2) is 59.8 Å². The third-order valence-electron chi connectivity index (χ3n) is 4.55. The molecule has 2 N–H and O–H groups in total. The van der Waals surface area contributed by atoms with Crippen molar-refractivity contribution in [1.82, 2.24) is 25.3 Å². The van der Waals surface area contributed by atoms with Gasteiger partial charge in [0.25, 0.3) is 0 Å². The average Bonchev–Trinajstić information content (AvgIpc) is 3.14. The molecule has 1 atom stereocenters. The highest BCUT2D eigenvalue weighted by Gasteiger charge is 2.29. The summed E-state index contributed by atoms with van der Waals surface area (Å²) >= 11 is 0. The van der Waals surface area contributed by atoms with Crippen molar-refractivity contribution in [3.8, 4) is 0 Å². The van der Waals surface area contributed by atoms with Crippen molar-refractivity contribution in [3.63, 3.8) is 0 Å². The van der Waals surface area contributed by atoms with Gasteiger partial charge in [-0.1, -0.05) is 0 Å². The number of carbonyl (C=O) groups excluding carboxylic acids is 1. The molecule has 0 spiro atoms. The molecular weight excluding hydrogens is 419 g/mol. The normalized spacial score (nSPS) is 20.7. The highest BCUT2D eigenvalue weighted by molar-refractivity contribution is 14.0. The first-order valence-corrected chi connectivity index (χ1v) is 8.39. The lowest BCUT2D eigenvalue weighted by atomic mass is 10.0. The van der Waals surface area contributed by atoms with Gasteiger partial charge in [0.1, 0.15) is 0 Å². The molecule has 1 aromatic rings. The van der Waals surface area contributed by atoms with Gasteiger partial charge in [-0.2, -0.15) is 5.10 Å². The van der Waals surface area contributed by atoms with Gasteiger partial charge in [-0.15, -0.1) is 24.0 Å². The molecular formula is C16H27IN6O. The van der Waals surface area contributed by atoms with Gasteiger partial charge in [-0.25, -0.2) is 0 Å². The standard InChI is InChI=1S/C16H26N6O.HI/c1-17-16(19-7-6-18-15(23)12-3-4-12)22-8-5-13(11-22)14-9-20-21(2)10-14;/h9-10,12-13H,3-8,11H2,1-2H3,(H,17,19)(H,18,23);1H. The second-order valence-corrected chi connectivity index (χ2v) is 6.42. The molecule has 2 aliphatic rings. The average molecular weight is 446 g/mol. The van der Waals surface area contributed by atoms with Gasteiger partial charge in [0.15, 0.2) is 5.96 Å². The second-order valence-electron chi connectivity index (χ2n) is 6.42. The van der Waals surface area contributed by atoms with Crippen LogP contribution >= 0.6 is 24.0 Å². The Morgan fingerprint density at radius 1 is 1.33 bits per heavy atom. The van der Waals surface area contributed by atoms with Crippen molar-refractivity contribution < 1.29 is 4.79 Å². The molecule has 7 nitrogen and oxygen atoms in total. The zero-order valence-corrected chi connectivity index (χ0v) is 16.7. The van der Waals surface area contributed by atoms with E-state index in [2.05, 4.69) is 31.8 Å². The van der Waals surface area contributed by atoms with E-state index in [-0.39, 0.29) is 35.8 Å². The first-order chi connectivity index (χ1) is 11.2. The third-order valence-corrected chi connectivity index (χ3v) is 4.55. The van der Waals surface area contributed by atoms with Gasteiger partial charge in [0.05, 0.1) is 6.20 Å². The molecule has 2 heterocycles. The number of carbonyl (C=O) groups is 1. The van der Waals surface area contributed by atoms with Crippen LogP contribution in [0, 0.1) is 5.92 Å². The van der Waals surface area contributed by atoms with Crippen LogP contribution < -0.4 is 10.6 Å². The van der Waals surface area contributed by atoms with E-state index in [1.807, 2.05) is 25.0 Å². The number of halogens is 1. The van der Waals surface area contributed by atoms with Crippen molar-refractivity contribution >= 4 is 35.8 Å². The van der Waals surface area contributed by atoms with E-state index in [0.29, 0.717) is 19.0 Å². The van der Waals surface area contributed by atoms with E-state index in [9.17, 15) is 4.79 Å². The van der Waals surface area contributed by atoms with E-state index in [4.69, 9.17) is 0 Å². The molecule has 0 aromatic carbocycles. The Labute approximate surface area is 160 Å². The van der Waals surface area contributed by atoms with Gasteiger partial charge in [0, 0.05) is 58.3 Å². The molecule has 0 radical (unpaired) electrons. The fraction of sp³-hybridized carbons (Fsp3) is 0.688. The maximum absolute atomic E-state index is 11.6. The Kier molecular flexibility index (Phi) is 6.88. The Balaban J connectivity index is 0.00000208.